The average molecular weight is 269 g/mol. The van der Waals surface area contributed by atoms with Crippen molar-refractivity contribution in [2.75, 3.05) is 0 Å². The predicted octanol–water partition coefficient (Wildman–Crippen LogP) is 1.70. The number of aromatic carboxylic acids is 1. The summed E-state index contributed by atoms with van der Waals surface area (Å²) in [5.41, 5.74) is 0.230. The van der Waals surface area contributed by atoms with Crippen LogP contribution in [0.4, 0.5) is 0 Å². The van der Waals surface area contributed by atoms with Gasteiger partial charge in [-0.1, -0.05) is 11.6 Å². The number of rotatable bonds is 4. The summed E-state index contributed by atoms with van der Waals surface area (Å²) in [6.07, 6.45) is 1.63. The zero-order valence-electron chi connectivity index (χ0n) is 9.13. The van der Waals surface area contributed by atoms with Gasteiger partial charge in [-0.25, -0.2) is 9.78 Å². The van der Waals surface area contributed by atoms with Gasteiger partial charge >= 0.3 is 11.9 Å². The summed E-state index contributed by atoms with van der Waals surface area (Å²) in [5.74, 6) is -1.74. The van der Waals surface area contributed by atoms with Gasteiger partial charge in [0.25, 0.3) is 0 Å². The van der Waals surface area contributed by atoms with Crippen molar-refractivity contribution in [1.29, 1.82) is 0 Å². The number of aryl methyl sites for hydroxylation is 1. The van der Waals surface area contributed by atoms with Gasteiger partial charge in [-0.05, 0) is 12.1 Å². The van der Waals surface area contributed by atoms with Crippen LogP contribution in [0.2, 0.25) is 5.02 Å². The number of aromatic nitrogens is 2. The minimum atomic E-state index is -1.17. The van der Waals surface area contributed by atoms with Gasteiger partial charge < -0.3 is 14.6 Å². The molecule has 0 aromatic carbocycles. The molecule has 0 radical (unpaired) electrons. The highest BCUT2D eigenvalue weighted by molar-refractivity contribution is 6.31. The van der Waals surface area contributed by atoms with Crippen LogP contribution < -0.4 is 0 Å². The average Bonchev–Trinajstić information content (AvgIpc) is 2.64. The molecule has 0 bridgehead atoms. The van der Waals surface area contributed by atoms with E-state index in [-0.39, 0.29) is 18.5 Å². The van der Waals surface area contributed by atoms with Crippen molar-refractivity contribution in [2.45, 2.75) is 12.8 Å². The molecule has 2 aromatic rings. The first-order valence-electron chi connectivity index (χ1n) is 5.10. The van der Waals surface area contributed by atoms with Gasteiger partial charge in [-0.2, -0.15) is 0 Å². The van der Waals surface area contributed by atoms with E-state index in [0.717, 1.165) is 0 Å². The summed E-state index contributed by atoms with van der Waals surface area (Å²) in [7, 11) is 0. The number of carbonyl (C=O) groups is 2. The van der Waals surface area contributed by atoms with E-state index in [4.69, 9.17) is 21.8 Å². The van der Waals surface area contributed by atoms with E-state index in [1.165, 1.54) is 10.5 Å². The standard InChI is InChI=1S/C11H9ClN2O4/c12-6-3-4-14-7(5-6)10(11(17)18)13-8(14)1-2-9(15)16/h3-5H,1-2H2,(H,15,16)(H,17,18). The molecule has 0 aliphatic heterocycles. The van der Waals surface area contributed by atoms with Gasteiger partial charge in [0.2, 0.25) is 0 Å². The number of aliphatic carboxylic acids is 1. The molecular formula is C11H9ClN2O4. The Hall–Kier alpha value is -2.08. The first-order valence-corrected chi connectivity index (χ1v) is 5.48. The van der Waals surface area contributed by atoms with Crippen LogP contribution in [0.25, 0.3) is 5.52 Å². The van der Waals surface area contributed by atoms with E-state index in [1.807, 2.05) is 0 Å². The molecule has 2 heterocycles. The number of hydrogen-bond donors (Lipinski definition) is 2. The maximum Gasteiger partial charge on any atom is 0.356 e. The van der Waals surface area contributed by atoms with Crippen molar-refractivity contribution in [1.82, 2.24) is 9.38 Å². The third-order valence-corrected chi connectivity index (χ3v) is 2.68. The fraction of sp³-hybridized carbons (Fsp3) is 0.182. The number of halogens is 1. The number of imidazole rings is 1. The smallest absolute Gasteiger partial charge is 0.356 e. The van der Waals surface area contributed by atoms with E-state index in [1.54, 1.807) is 12.3 Å². The number of hydrogen-bond acceptors (Lipinski definition) is 3. The number of pyridine rings is 1. The molecule has 0 fully saturated rings. The Morgan fingerprint density at radius 3 is 2.72 bits per heavy atom. The van der Waals surface area contributed by atoms with Crippen LogP contribution in [-0.4, -0.2) is 31.5 Å². The summed E-state index contributed by atoms with van der Waals surface area (Å²) in [6, 6.07) is 3.08. The molecule has 0 aliphatic carbocycles. The van der Waals surface area contributed by atoms with Gasteiger partial charge in [0.05, 0.1) is 11.9 Å². The molecule has 7 heteroatoms. The van der Waals surface area contributed by atoms with Crippen LogP contribution in [-0.2, 0) is 11.2 Å². The Morgan fingerprint density at radius 2 is 2.11 bits per heavy atom. The molecule has 0 spiro atoms. The Bertz CT molecular complexity index is 635. The molecular weight excluding hydrogens is 260 g/mol. The van der Waals surface area contributed by atoms with Crippen molar-refractivity contribution in [3.8, 4) is 0 Å². The first kappa shape index (κ1) is 12.4. The number of carboxylic acid groups (broad SMARTS) is 2. The molecule has 0 amide bonds. The zero-order chi connectivity index (χ0) is 13.3. The summed E-state index contributed by atoms with van der Waals surface area (Å²) in [5, 5.41) is 18.1. The van der Waals surface area contributed by atoms with Crippen LogP contribution in [0, 0.1) is 0 Å². The summed E-state index contributed by atoms with van der Waals surface area (Å²) >= 11 is 5.80. The maximum atomic E-state index is 11.0. The molecule has 0 atom stereocenters. The van der Waals surface area contributed by atoms with Crippen molar-refractivity contribution in [2.24, 2.45) is 0 Å². The Kier molecular flexibility index (Phi) is 3.20. The Balaban J connectivity index is 2.54. The topological polar surface area (TPSA) is 91.9 Å². The zero-order valence-corrected chi connectivity index (χ0v) is 9.89. The molecule has 2 N–H and O–H groups in total. The highest BCUT2D eigenvalue weighted by Crippen LogP contribution is 2.19. The van der Waals surface area contributed by atoms with Gasteiger partial charge in [0, 0.05) is 17.6 Å². The van der Waals surface area contributed by atoms with E-state index in [0.29, 0.717) is 16.4 Å². The lowest BCUT2D eigenvalue weighted by Crippen LogP contribution is -2.01. The molecule has 94 valence electrons. The molecule has 6 nitrogen and oxygen atoms in total. The molecule has 0 saturated carbocycles. The maximum absolute atomic E-state index is 11.0. The van der Waals surface area contributed by atoms with E-state index >= 15 is 0 Å². The van der Waals surface area contributed by atoms with Crippen LogP contribution in [0.3, 0.4) is 0 Å². The van der Waals surface area contributed by atoms with Crippen LogP contribution >= 0.6 is 11.6 Å². The van der Waals surface area contributed by atoms with E-state index < -0.39 is 11.9 Å². The predicted molar refractivity (Wildman–Crippen MR) is 63.1 cm³/mol. The summed E-state index contributed by atoms with van der Waals surface area (Å²) in [6.45, 7) is 0. The van der Waals surface area contributed by atoms with Gasteiger partial charge in [-0.3, -0.25) is 4.79 Å². The minimum Gasteiger partial charge on any atom is -0.481 e. The normalized spacial score (nSPS) is 10.7. The quantitative estimate of drug-likeness (QED) is 0.880. The Labute approximate surface area is 106 Å². The van der Waals surface area contributed by atoms with Crippen LogP contribution in [0.5, 0.6) is 0 Å². The van der Waals surface area contributed by atoms with E-state index in [2.05, 4.69) is 4.98 Å². The SMILES string of the molecule is O=C(O)CCc1nc(C(=O)O)c2cc(Cl)ccn12. The second-order valence-corrected chi connectivity index (χ2v) is 4.11. The van der Waals surface area contributed by atoms with E-state index in [9.17, 15) is 9.59 Å². The minimum absolute atomic E-state index is 0.110. The lowest BCUT2D eigenvalue weighted by atomic mass is 10.3. The molecule has 0 saturated heterocycles. The van der Waals surface area contributed by atoms with Crippen molar-refractivity contribution in [3.63, 3.8) is 0 Å². The van der Waals surface area contributed by atoms with Crippen LogP contribution in [0.1, 0.15) is 22.7 Å². The van der Waals surface area contributed by atoms with Crippen LogP contribution in [0.15, 0.2) is 18.3 Å². The second kappa shape index (κ2) is 4.66. The fourth-order valence-electron chi connectivity index (χ4n) is 1.67. The number of fused-ring (bicyclic) bond motifs is 1. The first-order chi connectivity index (χ1) is 8.49. The molecule has 18 heavy (non-hydrogen) atoms. The van der Waals surface area contributed by atoms with Crippen molar-refractivity contribution < 1.29 is 19.8 Å². The summed E-state index contributed by atoms with van der Waals surface area (Å²) in [4.78, 5) is 25.5. The molecule has 2 rings (SSSR count). The molecule has 0 unspecified atom stereocenters. The van der Waals surface area contributed by atoms with Gasteiger partial charge in [0.15, 0.2) is 5.69 Å². The lowest BCUT2D eigenvalue weighted by Gasteiger charge is -1.99. The highest BCUT2D eigenvalue weighted by atomic mass is 35.5. The number of carboxylic acids is 2. The molecule has 2 aromatic heterocycles. The van der Waals surface area contributed by atoms with Gasteiger partial charge in [-0.15, -0.1) is 0 Å². The monoisotopic (exact) mass is 268 g/mol. The second-order valence-electron chi connectivity index (χ2n) is 3.68. The number of nitrogens with zero attached hydrogens (tertiary/aromatic N) is 2. The molecule has 0 aliphatic rings. The largest absolute Gasteiger partial charge is 0.481 e. The van der Waals surface area contributed by atoms with Gasteiger partial charge in [0.1, 0.15) is 5.82 Å². The van der Waals surface area contributed by atoms with Crippen molar-refractivity contribution >= 4 is 29.1 Å². The third kappa shape index (κ3) is 2.28. The Morgan fingerprint density at radius 1 is 1.39 bits per heavy atom. The fourth-order valence-corrected chi connectivity index (χ4v) is 1.83. The highest BCUT2D eigenvalue weighted by Gasteiger charge is 2.17. The summed E-state index contributed by atoms with van der Waals surface area (Å²) < 4.78 is 1.54. The van der Waals surface area contributed by atoms with Crippen molar-refractivity contribution in [3.05, 3.63) is 34.9 Å². The lowest BCUT2D eigenvalue weighted by molar-refractivity contribution is -0.137. The third-order valence-electron chi connectivity index (χ3n) is 2.44.